The molecule has 1 saturated carbocycles. The molecule has 1 amide bonds. The number of aromatic nitrogens is 2. The summed E-state index contributed by atoms with van der Waals surface area (Å²) in [5.41, 5.74) is 0.206. The molecule has 2 fully saturated rings. The van der Waals surface area contributed by atoms with Gasteiger partial charge in [0.25, 0.3) is 0 Å². The van der Waals surface area contributed by atoms with Crippen LogP contribution in [0.5, 0.6) is 0 Å². The molecule has 124 valence electrons. The number of ether oxygens (including phenoxy) is 1. The summed E-state index contributed by atoms with van der Waals surface area (Å²) >= 11 is 0. The number of carbonyl (C=O) groups excluding carboxylic acids is 2. The fourth-order valence-corrected chi connectivity index (χ4v) is 3.70. The van der Waals surface area contributed by atoms with Gasteiger partial charge in [0.05, 0.1) is 19.5 Å². The first-order valence-corrected chi connectivity index (χ1v) is 7.86. The van der Waals surface area contributed by atoms with Gasteiger partial charge in [-0.15, -0.1) is 0 Å². The number of anilines is 1. The lowest BCUT2D eigenvalue weighted by Gasteiger charge is -2.31. The van der Waals surface area contributed by atoms with Gasteiger partial charge in [0.2, 0.25) is 5.91 Å². The maximum atomic E-state index is 11.9. The highest BCUT2D eigenvalue weighted by atomic mass is 16.5. The van der Waals surface area contributed by atoms with Gasteiger partial charge >= 0.3 is 5.97 Å². The summed E-state index contributed by atoms with van der Waals surface area (Å²) < 4.78 is 4.63. The Labute approximate surface area is 135 Å². The number of esters is 1. The molecule has 1 aromatic heterocycles. The minimum atomic E-state index is -0.486. The van der Waals surface area contributed by atoms with Gasteiger partial charge in [-0.1, -0.05) is 0 Å². The Bertz CT molecular complexity index is 604. The smallest absolute Gasteiger partial charge is 0.358 e. The average Bonchev–Trinajstić information content (AvgIpc) is 2.96. The number of fused-ring (bicyclic) bond motifs is 1. The SMILES string of the molecule is COC(=O)c1cnc(N(C)[C@H]2C[C@H]3CC(=O)N(C)C[C@H]3C2)cn1. The Balaban J connectivity index is 1.68. The number of hydrogen-bond acceptors (Lipinski definition) is 6. The lowest BCUT2D eigenvalue weighted by molar-refractivity contribution is -0.134. The summed E-state index contributed by atoms with van der Waals surface area (Å²) in [7, 11) is 5.20. The van der Waals surface area contributed by atoms with E-state index in [1.165, 1.54) is 13.3 Å². The normalized spacial score (nSPS) is 26.8. The first-order valence-electron chi connectivity index (χ1n) is 7.86. The quantitative estimate of drug-likeness (QED) is 0.773. The van der Waals surface area contributed by atoms with Crippen LogP contribution in [0.3, 0.4) is 0 Å². The van der Waals surface area contributed by atoms with Crippen LogP contribution in [0.15, 0.2) is 12.4 Å². The predicted octanol–water partition coefficient (Wildman–Crippen LogP) is 0.956. The van der Waals surface area contributed by atoms with Crippen molar-refractivity contribution in [2.75, 3.05) is 32.6 Å². The van der Waals surface area contributed by atoms with Gasteiger partial charge in [0, 0.05) is 33.1 Å². The second-order valence-electron chi connectivity index (χ2n) is 6.49. The number of amides is 1. The number of nitrogens with zero attached hydrogens (tertiary/aromatic N) is 4. The fraction of sp³-hybridized carbons (Fsp3) is 0.625. The van der Waals surface area contributed by atoms with E-state index in [-0.39, 0.29) is 11.6 Å². The van der Waals surface area contributed by atoms with Crippen molar-refractivity contribution in [2.45, 2.75) is 25.3 Å². The van der Waals surface area contributed by atoms with Crippen molar-refractivity contribution >= 4 is 17.7 Å². The van der Waals surface area contributed by atoms with Gasteiger partial charge in [-0.25, -0.2) is 14.8 Å². The summed E-state index contributed by atoms with van der Waals surface area (Å²) in [6.45, 7) is 0.848. The third-order valence-corrected chi connectivity index (χ3v) is 5.13. The number of methoxy groups -OCH3 is 1. The predicted molar refractivity (Wildman–Crippen MR) is 84.0 cm³/mol. The van der Waals surface area contributed by atoms with E-state index in [0.29, 0.717) is 24.3 Å². The van der Waals surface area contributed by atoms with Crippen LogP contribution in [0.1, 0.15) is 29.8 Å². The van der Waals surface area contributed by atoms with Crippen LogP contribution in [0.25, 0.3) is 0 Å². The first kappa shape index (κ1) is 15.7. The first-order chi connectivity index (χ1) is 11.0. The minimum absolute atomic E-state index is 0.206. The second kappa shape index (κ2) is 6.14. The molecule has 23 heavy (non-hydrogen) atoms. The number of hydrogen-bond donors (Lipinski definition) is 0. The fourth-order valence-electron chi connectivity index (χ4n) is 3.70. The molecule has 1 aromatic rings. The zero-order valence-electron chi connectivity index (χ0n) is 13.7. The molecular formula is C16H22N4O3. The molecule has 0 bridgehead atoms. The molecule has 0 unspecified atom stereocenters. The Morgan fingerprint density at radius 3 is 2.70 bits per heavy atom. The Kier molecular flexibility index (Phi) is 4.19. The maximum absolute atomic E-state index is 11.9. The second-order valence-corrected chi connectivity index (χ2v) is 6.49. The van der Waals surface area contributed by atoms with Gasteiger partial charge < -0.3 is 14.5 Å². The Morgan fingerprint density at radius 1 is 1.30 bits per heavy atom. The molecule has 0 spiro atoms. The minimum Gasteiger partial charge on any atom is -0.464 e. The van der Waals surface area contributed by atoms with E-state index >= 15 is 0 Å². The van der Waals surface area contributed by atoms with Crippen molar-refractivity contribution in [1.82, 2.24) is 14.9 Å². The molecule has 0 aromatic carbocycles. The maximum Gasteiger partial charge on any atom is 0.358 e. The van der Waals surface area contributed by atoms with Crippen LogP contribution < -0.4 is 4.90 Å². The zero-order valence-corrected chi connectivity index (χ0v) is 13.7. The van der Waals surface area contributed by atoms with E-state index in [9.17, 15) is 9.59 Å². The third kappa shape index (κ3) is 3.00. The van der Waals surface area contributed by atoms with Crippen molar-refractivity contribution in [1.29, 1.82) is 0 Å². The van der Waals surface area contributed by atoms with Gasteiger partial charge in [-0.3, -0.25) is 4.79 Å². The topological polar surface area (TPSA) is 75.6 Å². The molecule has 0 radical (unpaired) electrons. The summed E-state index contributed by atoms with van der Waals surface area (Å²) in [4.78, 5) is 35.7. The molecule has 2 aliphatic rings. The number of likely N-dealkylation sites (tertiary alicyclic amines) is 1. The van der Waals surface area contributed by atoms with Crippen LogP contribution in [-0.4, -0.2) is 60.5 Å². The van der Waals surface area contributed by atoms with Crippen LogP contribution in [-0.2, 0) is 9.53 Å². The Morgan fingerprint density at radius 2 is 2.04 bits per heavy atom. The average molecular weight is 318 g/mol. The van der Waals surface area contributed by atoms with Crippen molar-refractivity contribution in [3.05, 3.63) is 18.1 Å². The molecule has 7 heteroatoms. The summed E-state index contributed by atoms with van der Waals surface area (Å²) in [6.07, 6.45) is 5.75. The van der Waals surface area contributed by atoms with Crippen molar-refractivity contribution in [3.63, 3.8) is 0 Å². The standard InChI is InChI=1S/C16H22N4O3/c1-19-9-11-5-12(4-10(11)6-15(19)21)20(2)14-8-17-13(7-18-14)16(22)23-3/h7-8,10-12H,4-6,9H2,1-3H3/t10-,11+,12-/m0/s1. The highest BCUT2D eigenvalue weighted by molar-refractivity contribution is 5.86. The summed E-state index contributed by atoms with van der Waals surface area (Å²) in [6, 6.07) is 0.350. The van der Waals surface area contributed by atoms with Crippen LogP contribution in [0.4, 0.5) is 5.82 Å². The van der Waals surface area contributed by atoms with Crippen LogP contribution >= 0.6 is 0 Å². The molecule has 0 N–H and O–H groups in total. The molecule has 7 nitrogen and oxygen atoms in total. The van der Waals surface area contributed by atoms with Gasteiger partial charge in [0.1, 0.15) is 5.82 Å². The van der Waals surface area contributed by atoms with Crippen molar-refractivity contribution < 1.29 is 14.3 Å². The lowest BCUT2D eigenvalue weighted by Crippen LogP contribution is -2.39. The van der Waals surface area contributed by atoms with E-state index in [4.69, 9.17) is 0 Å². The molecule has 3 atom stereocenters. The van der Waals surface area contributed by atoms with E-state index < -0.39 is 5.97 Å². The van der Waals surface area contributed by atoms with E-state index in [2.05, 4.69) is 19.6 Å². The van der Waals surface area contributed by atoms with Gasteiger partial charge in [-0.2, -0.15) is 0 Å². The molecular weight excluding hydrogens is 296 g/mol. The largest absolute Gasteiger partial charge is 0.464 e. The van der Waals surface area contributed by atoms with Crippen molar-refractivity contribution in [3.8, 4) is 0 Å². The number of piperidine rings is 1. The number of carbonyl (C=O) groups is 2. The summed E-state index contributed by atoms with van der Waals surface area (Å²) in [5.74, 6) is 1.53. The summed E-state index contributed by atoms with van der Waals surface area (Å²) in [5, 5.41) is 0. The van der Waals surface area contributed by atoms with Crippen LogP contribution in [0.2, 0.25) is 0 Å². The molecule has 1 saturated heterocycles. The molecule has 2 heterocycles. The van der Waals surface area contributed by atoms with E-state index in [0.717, 1.165) is 25.2 Å². The molecule has 3 rings (SSSR count). The van der Waals surface area contributed by atoms with Gasteiger partial charge in [-0.05, 0) is 24.7 Å². The lowest BCUT2D eigenvalue weighted by atomic mass is 9.88. The number of rotatable bonds is 3. The zero-order chi connectivity index (χ0) is 16.6. The monoisotopic (exact) mass is 318 g/mol. The van der Waals surface area contributed by atoms with Crippen LogP contribution in [0, 0.1) is 11.8 Å². The molecule has 1 aliphatic heterocycles. The van der Waals surface area contributed by atoms with E-state index in [1.54, 1.807) is 6.20 Å². The highest BCUT2D eigenvalue weighted by Gasteiger charge is 2.41. The Hall–Kier alpha value is -2.18. The van der Waals surface area contributed by atoms with Crippen molar-refractivity contribution in [2.24, 2.45) is 11.8 Å². The third-order valence-electron chi connectivity index (χ3n) is 5.13. The van der Waals surface area contributed by atoms with E-state index in [1.807, 2.05) is 19.0 Å². The molecule has 1 aliphatic carbocycles. The highest BCUT2D eigenvalue weighted by Crippen LogP contribution is 2.40. The van der Waals surface area contributed by atoms with Gasteiger partial charge in [0.15, 0.2) is 5.69 Å².